The Morgan fingerprint density at radius 3 is 2.35 bits per heavy atom. The number of hydrogen-bond donors (Lipinski definition) is 2. The van der Waals surface area contributed by atoms with Gasteiger partial charge in [0.2, 0.25) is 0 Å². The lowest BCUT2D eigenvalue weighted by atomic mass is 9.94. The van der Waals surface area contributed by atoms with Gasteiger partial charge >= 0.3 is 0 Å². The highest BCUT2D eigenvalue weighted by atomic mass is 16.5. The van der Waals surface area contributed by atoms with Gasteiger partial charge in [-0.3, -0.25) is 4.99 Å². The highest BCUT2D eigenvalue weighted by molar-refractivity contribution is 5.84. The van der Waals surface area contributed by atoms with Crippen LogP contribution in [0.2, 0.25) is 0 Å². The smallest absolute Gasteiger partial charge is 0.193 e. The van der Waals surface area contributed by atoms with E-state index in [0.29, 0.717) is 18.5 Å². The van der Waals surface area contributed by atoms with Crippen LogP contribution < -0.4 is 16.2 Å². The topological polar surface area (TPSA) is 92.5 Å². The van der Waals surface area contributed by atoms with E-state index in [2.05, 4.69) is 70.0 Å². The summed E-state index contributed by atoms with van der Waals surface area (Å²) in [6.07, 6.45) is 1.59. The lowest BCUT2D eigenvalue weighted by Crippen LogP contribution is -2.67. The maximum absolute atomic E-state index is 6.50. The fourth-order valence-electron chi connectivity index (χ4n) is 4.80. The molecule has 2 aromatic carbocycles. The average molecular weight is 421 g/mol. The van der Waals surface area contributed by atoms with Crippen molar-refractivity contribution in [1.29, 1.82) is 0 Å². The Balaban J connectivity index is 1.69. The van der Waals surface area contributed by atoms with Crippen LogP contribution in [0.15, 0.2) is 64.6 Å². The number of aliphatic imine (C=N–C) groups is 2. The molecule has 3 atom stereocenters. The minimum atomic E-state index is -0.504. The second kappa shape index (κ2) is 8.49. The van der Waals surface area contributed by atoms with E-state index >= 15 is 0 Å². The molecule has 0 saturated heterocycles. The van der Waals surface area contributed by atoms with Crippen molar-refractivity contribution in [3.05, 3.63) is 65.7 Å². The third-order valence-corrected chi connectivity index (χ3v) is 6.26. The van der Waals surface area contributed by atoms with Crippen molar-refractivity contribution in [1.82, 2.24) is 9.80 Å². The first-order valence-electron chi connectivity index (χ1n) is 10.8. The van der Waals surface area contributed by atoms with Crippen molar-refractivity contribution in [3.8, 4) is 5.75 Å². The summed E-state index contributed by atoms with van der Waals surface area (Å²) in [6, 6.07) is 19.0. The zero-order valence-corrected chi connectivity index (χ0v) is 18.5. The molecular weight excluding hydrogens is 388 g/mol. The Morgan fingerprint density at radius 2 is 1.74 bits per heavy atom. The molecule has 4 rings (SSSR count). The molecule has 164 valence electrons. The number of benzene rings is 2. The van der Waals surface area contributed by atoms with Crippen LogP contribution in [0.4, 0.5) is 0 Å². The van der Waals surface area contributed by atoms with Crippen molar-refractivity contribution < 1.29 is 4.74 Å². The molecule has 2 aliphatic heterocycles. The first-order valence-corrected chi connectivity index (χ1v) is 10.8. The maximum atomic E-state index is 6.50. The number of guanidine groups is 2. The molecule has 2 aromatic rings. The van der Waals surface area contributed by atoms with Crippen LogP contribution >= 0.6 is 0 Å². The van der Waals surface area contributed by atoms with Crippen LogP contribution in [0, 0.1) is 0 Å². The largest absolute Gasteiger partial charge is 0.497 e. The van der Waals surface area contributed by atoms with Gasteiger partial charge in [-0.15, -0.1) is 0 Å². The Labute approximate surface area is 184 Å². The number of ether oxygens (including phenoxy) is 1. The quantitative estimate of drug-likeness (QED) is 0.717. The molecular formula is C24H32N6O. The first-order chi connectivity index (χ1) is 14.9. The van der Waals surface area contributed by atoms with E-state index in [1.807, 2.05) is 18.2 Å². The highest BCUT2D eigenvalue weighted by Crippen LogP contribution is 2.33. The van der Waals surface area contributed by atoms with Crippen LogP contribution in [-0.4, -0.2) is 59.7 Å². The van der Waals surface area contributed by atoms with Crippen molar-refractivity contribution >= 4 is 11.9 Å². The minimum Gasteiger partial charge on any atom is -0.497 e. The van der Waals surface area contributed by atoms with Gasteiger partial charge in [-0.05, 0) is 43.5 Å². The molecule has 31 heavy (non-hydrogen) atoms. The van der Waals surface area contributed by atoms with E-state index in [9.17, 15) is 0 Å². The molecule has 0 bridgehead atoms. The third kappa shape index (κ3) is 4.17. The fourth-order valence-corrected chi connectivity index (χ4v) is 4.80. The molecule has 2 heterocycles. The summed E-state index contributed by atoms with van der Waals surface area (Å²) >= 11 is 0. The van der Waals surface area contributed by atoms with E-state index in [4.69, 9.17) is 16.2 Å². The SMILES string of the molecule is COc1ccc(CC(C)(N2CC(C)N=C2N)N2C(N)=NCC2Cc2ccccc2)cc1. The second-order valence-electron chi connectivity index (χ2n) is 8.60. The van der Waals surface area contributed by atoms with Crippen LogP contribution in [0.3, 0.4) is 0 Å². The summed E-state index contributed by atoms with van der Waals surface area (Å²) in [5, 5.41) is 0. The van der Waals surface area contributed by atoms with Crippen molar-refractivity contribution in [3.63, 3.8) is 0 Å². The molecule has 0 radical (unpaired) electrons. The van der Waals surface area contributed by atoms with Crippen molar-refractivity contribution in [2.24, 2.45) is 21.5 Å². The van der Waals surface area contributed by atoms with Gasteiger partial charge in [-0.2, -0.15) is 0 Å². The Bertz CT molecular complexity index is 958. The standard InChI is InChI=1S/C24H32N6O/c1-17-16-29(23(26)28-17)24(2,14-19-9-11-21(31-3)12-10-19)30-20(15-27-22(30)25)13-18-7-5-4-6-8-18/h4-12,17,20H,13-16H2,1-3H3,(H2,25,27)(H2,26,28). The Hall–Kier alpha value is -3.22. The summed E-state index contributed by atoms with van der Waals surface area (Å²) in [4.78, 5) is 13.7. The summed E-state index contributed by atoms with van der Waals surface area (Å²) in [5.41, 5.74) is 14.9. The lowest BCUT2D eigenvalue weighted by molar-refractivity contribution is 0.0332. The van der Waals surface area contributed by atoms with Crippen molar-refractivity contribution in [2.45, 2.75) is 44.4 Å². The number of methoxy groups -OCH3 is 1. The van der Waals surface area contributed by atoms with Gasteiger partial charge < -0.3 is 26.0 Å². The number of hydrogen-bond acceptors (Lipinski definition) is 7. The molecule has 0 spiro atoms. The number of nitrogens with zero attached hydrogens (tertiary/aromatic N) is 4. The normalized spacial score (nSPS) is 22.8. The number of nitrogens with two attached hydrogens (primary N) is 2. The third-order valence-electron chi connectivity index (χ3n) is 6.26. The molecule has 3 unspecified atom stereocenters. The Morgan fingerprint density at radius 1 is 1.03 bits per heavy atom. The van der Waals surface area contributed by atoms with Gasteiger partial charge in [0.15, 0.2) is 11.9 Å². The molecule has 0 aliphatic carbocycles. The van der Waals surface area contributed by atoms with Crippen molar-refractivity contribution in [2.75, 3.05) is 20.2 Å². The molecule has 7 nitrogen and oxygen atoms in total. The lowest BCUT2D eigenvalue weighted by Gasteiger charge is -2.49. The molecule has 0 aromatic heterocycles. The molecule has 2 aliphatic rings. The summed E-state index contributed by atoms with van der Waals surface area (Å²) in [6.45, 7) is 5.70. The summed E-state index contributed by atoms with van der Waals surface area (Å²) in [7, 11) is 1.68. The van der Waals surface area contributed by atoms with Crippen LogP contribution in [0.1, 0.15) is 25.0 Å². The second-order valence-corrected chi connectivity index (χ2v) is 8.60. The van der Waals surface area contributed by atoms with Crippen LogP contribution in [0.25, 0.3) is 0 Å². The minimum absolute atomic E-state index is 0.142. The van der Waals surface area contributed by atoms with Crippen LogP contribution in [-0.2, 0) is 12.8 Å². The predicted molar refractivity (Wildman–Crippen MR) is 125 cm³/mol. The van der Waals surface area contributed by atoms with Gasteiger partial charge in [0, 0.05) is 13.0 Å². The van der Waals surface area contributed by atoms with Gasteiger partial charge in [0.1, 0.15) is 11.4 Å². The molecule has 7 heteroatoms. The molecule has 4 N–H and O–H groups in total. The highest BCUT2D eigenvalue weighted by Gasteiger charge is 2.47. The van der Waals surface area contributed by atoms with E-state index in [1.54, 1.807) is 7.11 Å². The number of rotatable bonds is 7. The van der Waals surface area contributed by atoms with E-state index in [1.165, 1.54) is 11.1 Å². The van der Waals surface area contributed by atoms with E-state index < -0.39 is 5.66 Å². The van der Waals surface area contributed by atoms with E-state index in [0.717, 1.165) is 25.1 Å². The van der Waals surface area contributed by atoms with Gasteiger partial charge in [-0.1, -0.05) is 42.5 Å². The Kier molecular flexibility index (Phi) is 5.76. The monoisotopic (exact) mass is 420 g/mol. The van der Waals surface area contributed by atoms with Gasteiger partial charge in [0.25, 0.3) is 0 Å². The summed E-state index contributed by atoms with van der Waals surface area (Å²) < 4.78 is 5.33. The molecule has 0 saturated carbocycles. The maximum Gasteiger partial charge on any atom is 0.193 e. The van der Waals surface area contributed by atoms with E-state index in [-0.39, 0.29) is 12.1 Å². The predicted octanol–water partition coefficient (Wildman–Crippen LogP) is 2.21. The molecule has 0 fully saturated rings. The summed E-state index contributed by atoms with van der Waals surface area (Å²) in [5.74, 6) is 1.96. The zero-order valence-electron chi connectivity index (χ0n) is 18.5. The fraction of sp³-hybridized carbons (Fsp3) is 0.417. The molecule has 0 amide bonds. The van der Waals surface area contributed by atoms with Gasteiger partial charge in [-0.25, -0.2) is 4.99 Å². The van der Waals surface area contributed by atoms with Crippen LogP contribution in [0.5, 0.6) is 5.75 Å². The average Bonchev–Trinajstić information content (AvgIpc) is 3.31. The zero-order chi connectivity index (χ0) is 22.0. The van der Waals surface area contributed by atoms with Gasteiger partial charge in [0.05, 0.1) is 25.7 Å². The first kappa shape index (κ1) is 21.0.